The van der Waals surface area contributed by atoms with Crippen molar-refractivity contribution in [3.8, 4) is 0 Å². The van der Waals surface area contributed by atoms with Crippen molar-refractivity contribution in [2.75, 3.05) is 19.6 Å². The van der Waals surface area contributed by atoms with Crippen molar-refractivity contribution >= 4 is 17.5 Å². The Kier molecular flexibility index (Phi) is 12.9. The summed E-state index contributed by atoms with van der Waals surface area (Å²) in [5, 5.41) is 3.38. The lowest BCUT2D eigenvalue weighted by molar-refractivity contribution is -0.122. The number of alkyl halides is 1. The largest absolute Gasteiger partial charge is 0.412 e. The topological polar surface area (TPSA) is 117 Å². The molecule has 0 radical (unpaired) electrons. The summed E-state index contributed by atoms with van der Waals surface area (Å²) in [7, 11) is 0. The molecule has 33 heavy (non-hydrogen) atoms. The third-order valence-electron chi connectivity index (χ3n) is 6.54. The number of carbonyl (C=O) groups is 1. The highest BCUT2D eigenvalue weighted by molar-refractivity contribution is 6.22. The lowest BCUT2D eigenvalue weighted by atomic mass is 9.69. The summed E-state index contributed by atoms with van der Waals surface area (Å²) in [6.45, 7) is 14.1. The Morgan fingerprint density at radius 1 is 1.36 bits per heavy atom. The van der Waals surface area contributed by atoms with Gasteiger partial charge in [0, 0.05) is 19.1 Å². The van der Waals surface area contributed by atoms with Gasteiger partial charge < -0.3 is 26.0 Å². The molecule has 1 amide bonds. The van der Waals surface area contributed by atoms with E-state index in [1.807, 2.05) is 13.0 Å². The van der Waals surface area contributed by atoms with Gasteiger partial charge in [-0.1, -0.05) is 53.3 Å². The summed E-state index contributed by atoms with van der Waals surface area (Å²) >= 11 is 6.22. The molecule has 0 spiro atoms. The van der Waals surface area contributed by atoms with E-state index in [1.165, 1.54) is 5.57 Å². The van der Waals surface area contributed by atoms with E-state index in [-0.39, 0.29) is 53.6 Å². The van der Waals surface area contributed by atoms with Crippen molar-refractivity contribution in [3.63, 3.8) is 0 Å². The molecule has 3 rings (SSSR count). The second-order valence-electron chi connectivity index (χ2n) is 10.1. The van der Waals surface area contributed by atoms with Gasteiger partial charge in [0.25, 0.3) is 0 Å². The van der Waals surface area contributed by atoms with Crippen LogP contribution < -0.4 is 10.8 Å². The molecule has 2 unspecified atom stereocenters. The van der Waals surface area contributed by atoms with Gasteiger partial charge in [0.1, 0.15) is 5.76 Å². The third-order valence-corrected chi connectivity index (χ3v) is 6.86. The molecule has 8 heteroatoms. The van der Waals surface area contributed by atoms with E-state index in [2.05, 4.69) is 61.6 Å². The monoisotopic (exact) mass is 487 g/mol. The van der Waals surface area contributed by atoms with E-state index in [1.54, 1.807) is 0 Å². The highest BCUT2D eigenvalue weighted by atomic mass is 35.5. The van der Waals surface area contributed by atoms with E-state index >= 15 is 0 Å². The van der Waals surface area contributed by atoms with E-state index in [0.29, 0.717) is 17.6 Å². The minimum atomic E-state index is 0. The van der Waals surface area contributed by atoms with Crippen LogP contribution in [0.2, 0.25) is 0 Å². The first kappa shape index (κ1) is 31.6. The molecule has 7 nitrogen and oxygen atoms in total. The van der Waals surface area contributed by atoms with Crippen molar-refractivity contribution in [2.45, 2.75) is 78.8 Å². The first-order chi connectivity index (χ1) is 14.1. The smallest absolute Gasteiger partial charge is 0.227 e. The van der Waals surface area contributed by atoms with Crippen LogP contribution in [0.25, 0.3) is 0 Å². The number of nitrogens with one attached hydrogen (secondary N) is 2. The summed E-state index contributed by atoms with van der Waals surface area (Å²) in [6, 6.07) is 0.282. The zero-order valence-electron chi connectivity index (χ0n) is 20.1. The molecule has 0 aromatic rings. The molecule has 0 aromatic heterocycles. The summed E-state index contributed by atoms with van der Waals surface area (Å²) in [5.74, 6) is 1.66. The van der Waals surface area contributed by atoms with Crippen LogP contribution in [0.1, 0.15) is 61.3 Å². The van der Waals surface area contributed by atoms with E-state index in [4.69, 9.17) is 16.4 Å². The van der Waals surface area contributed by atoms with Crippen molar-refractivity contribution in [3.05, 3.63) is 35.6 Å². The SMILES string of the molecule is C.CC1C=C(CC(=O)N[C@@H](CN2CC[C@H](C3=CCC(Cl)C=C3)C(C)(C)C2)C(C)C)ON1.O.O. The highest BCUT2D eigenvalue weighted by Crippen LogP contribution is 2.41. The molecule has 4 atom stereocenters. The second kappa shape index (κ2) is 13.5. The van der Waals surface area contributed by atoms with E-state index < -0.39 is 0 Å². The molecule has 6 N–H and O–H groups in total. The van der Waals surface area contributed by atoms with Crippen molar-refractivity contribution in [1.29, 1.82) is 0 Å². The fraction of sp³-hybridized carbons (Fsp3) is 0.720. The number of carbonyl (C=O) groups excluding carboxylic acids is 1. The predicted octanol–water partition coefficient (Wildman–Crippen LogP) is 3.15. The molecule has 3 aliphatic rings. The minimum Gasteiger partial charge on any atom is -0.412 e. The maximum atomic E-state index is 12.6. The Balaban J connectivity index is 0.00000341. The van der Waals surface area contributed by atoms with E-state index in [9.17, 15) is 4.79 Å². The lowest BCUT2D eigenvalue weighted by Crippen LogP contribution is -2.52. The third kappa shape index (κ3) is 8.72. The molecular formula is C25H46ClN3O4. The number of allylic oxidation sites excluding steroid dienone is 4. The normalized spacial score (nSPS) is 27.2. The predicted molar refractivity (Wildman–Crippen MR) is 137 cm³/mol. The quantitative estimate of drug-likeness (QED) is 0.536. The molecule has 1 saturated heterocycles. The van der Waals surface area contributed by atoms with Crippen LogP contribution in [0.15, 0.2) is 35.6 Å². The van der Waals surface area contributed by atoms with Crippen LogP contribution in [0, 0.1) is 17.3 Å². The zero-order chi connectivity index (χ0) is 21.9. The van der Waals surface area contributed by atoms with Gasteiger partial charge in [-0.3, -0.25) is 4.79 Å². The average molecular weight is 488 g/mol. The highest BCUT2D eigenvalue weighted by Gasteiger charge is 2.38. The number of nitrogens with zero attached hydrogens (tertiary/aromatic N) is 1. The van der Waals surface area contributed by atoms with Gasteiger partial charge in [0.05, 0.1) is 17.8 Å². The number of rotatable bonds is 7. The van der Waals surface area contributed by atoms with Crippen LogP contribution in [-0.4, -0.2) is 58.9 Å². The molecular weight excluding hydrogens is 442 g/mol. The van der Waals surface area contributed by atoms with Crippen LogP contribution in [0.4, 0.5) is 0 Å². The van der Waals surface area contributed by atoms with Crippen LogP contribution in [0.5, 0.6) is 0 Å². The first-order valence-corrected chi connectivity index (χ1v) is 11.7. The van der Waals surface area contributed by atoms with Crippen LogP contribution >= 0.6 is 11.6 Å². The van der Waals surface area contributed by atoms with Gasteiger partial charge in [-0.25, -0.2) is 0 Å². The molecule has 192 valence electrons. The number of amides is 1. The fourth-order valence-corrected chi connectivity index (χ4v) is 5.00. The van der Waals surface area contributed by atoms with Gasteiger partial charge in [0.2, 0.25) is 5.91 Å². The Morgan fingerprint density at radius 2 is 2.06 bits per heavy atom. The fourth-order valence-electron chi connectivity index (χ4n) is 4.84. The van der Waals surface area contributed by atoms with Crippen molar-refractivity contribution in [1.82, 2.24) is 15.7 Å². The molecule has 1 fully saturated rings. The Labute approximate surface area is 205 Å². The molecule has 2 aliphatic heterocycles. The summed E-state index contributed by atoms with van der Waals surface area (Å²) in [5.41, 5.74) is 4.49. The summed E-state index contributed by atoms with van der Waals surface area (Å²) in [6.07, 6.45) is 11.0. The maximum absolute atomic E-state index is 12.6. The number of hydroxylamine groups is 1. The minimum absolute atomic E-state index is 0. The van der Waals surface area contributed by atoms with Crippen molar-refractivity contribution < 1.29 is 20.6 Å². The second-order valence-corrected chi connectivity index (χ2v) is 10.7. The molecule has 0 saturated carbocycles. The zero-order valence-corrected chi connectivity index (χ0v) is 20.8. The van der Waals surface area contributed by atoms with Gasteiger partial charge >= 0.3 is 0 Å². The number of hydrogen-bond acceptors (Lipinski definition) is 4. The summed E-state index contributed by atoms with van der Waals surface area (Å²) < 4.78 is 0. The van der Waals surface area contributed by atoms with Gasteiger partial charge in [-0.15, -0.1) is 11.6 Å². The molecule has 2 heterocycles. The number of hydrogen-bond donors (Lipinski definition) is 2. The standard InChI is InChI=1S/C24H38ClN3O2.CH4.2H2O/c1-16(2)22(26-23(29)13-20-12-17(3)27-30-20)14-28-11-10-21(24(4,5)15-28)18-6-8-19(25)9-7-18;;;/h6-8,12,16-17,19,21-22,27H,9-11,13-15H2,1-5H3,(H,26,29);1H4;2*1H2/t17?,19?,21-,22+;;;/m1.../s1. The molecule has 0 aromatic carbocycles. The number of halogens is 1. The van der Waals surface area contributed by atoms with Crippen molar-refractivity contribution in [2.24, 2.45) is 17.3 Å². The Bertz CT molecular complexity index is 720. The van der Waals surface area contributed by atoms with Gasteiger partial charge in [0.15, 0.2) is 0 Å². The average Bonchev–Trinajstić information content (AvgIpc) is 3.06. The number of piperidine rings is 1. The van der Waals surface area contributed by atoms with Gasteiger partial charge in [-0.2, -0.15) is 5.48 Å². The van der Waals surface area contributed by atoms with Gasteiger partial charge in [-0.05, 0) is 55.2 Å². The maximum Gasteiger partial charge on any atom is 0.227 e. The number of likely N-dealkylation sites (tertiary alicyclic amines) is 1. The summed E-state index contributed by atoms with van der Waals surface area (Å²) in [4.78, 5) is 20.4. The van der Waals surface area contributed by atoms with E-state index in [0.717, 1.165) is 32.5 Å². The molecule has 0 bridgehead atoms. The first-order valence-electron chi connectivity index (χ1n) is 11.3. The Hall–Kier alpha value is -1.38. The van der Waals surface area contributed by atoms with Crippen LogP contribution in [0.3, 0.4) is 0 Å². The lowest BCUT2D eigenvalue weighted by Gasteiger charge is -2.46. The Morgan fingerprint density at radius 3 is 2.58 bits per heavy atom. The van der Waals surface area contributed by atoms with Crippen LogP contribution in [-0.2, 0) is 9.63 Å². The molecule has 1 aliphatic carbocycles.